The molecule has 0 saturated carbocycles. The number of ether oxygens (including phenoxy) is 2. The van der Waals surface area contributed by atoms with Crippen LogP contribution in [0.5, 0.6) is 5.75 Å². The van der Waals surface area contributed by atoms with Crippen molar-refractivity contribution in [3.8, 4) is 5.75 Å². The van der Waals surface area contributed by atoms with Crippen LogP contribution in [0.3, 0.4) is 0 Å². The summed E-state index contributed by atoms with van der Waals surface area (Å²) in [5.74, 6) is 0.0440. The fraction of sp³-hybridized carbons (Fsp3) is 0.278. The number of benzene rings is 2. The average Bonchev–Trinajstić information content (AvgIpc) is 2.67. The monoisotopic (exact) mass is 454 g/mol. The van der Waals surface area contributed by atoms with Gasteiger partial charge < -0.3 is 14.4 Å². The Hall–Kier alpha value is -2.10. The van der Waals surface area contributed by atoms with Crippen LogP contribution in [0.25, 0.3) is 0 Å². The van der Waals surface area contributed by atoms with E-state index in [2.05, 4.69) is 20.7 Å². The predicted octanol–water partition coefficient (Wildman–Crippen LogP) is 2.73. The van der Waals surface area contributed by atoms with Gasteiger partial charge in [0.05, 0.1) is 30.8 Å². The third-order valence-electron chi connectivity index (χ3n) is 4.09. The van der Waals surface area contributed by atoms with Crippen LogP contribution in [0.4, 0.5) is 5.69 Å². The fourth-order valence-corrected chi connectivity index (χ4v) is 4.20. The lowest BCUT2D eigenvalue weighted by Crippen LogP contribution is -2.40. The van der Waals surface area contributed by atoms with Crippen molar-refractivity contribution in [2.24, 2.45) is 0 Å². The first kappa shape index (κ1) is 19.7. The van der Waals surface area contributed by atoms with Crippen LogP contribution in [0, 0.1) is 0 Å². The molecule has 1 aliphatic rings. The molecular formula is C18H19BrN2O5S. The summed E-state index contributed by atoms with van der Waals surface area (Å²) < 4.78 is 39.3. The van der Waals surface area contributed by atoms with Gasteiger partial charge in [0.1, 0.15) is 5.75 Å². The highest BCUT2D eigenvalue weighted by atomic mass is 79.9. The first-order valence-corrected chi connectivity index (χ1v) is 10.5. The molecule has 1 heterocycles. The minimum Gasteiger partial charge on any atom is -0.496 e. The maximum absolute atomic E-state index is 12.8. The van der Waals surface area contributed by atoms with Gasteiger partial charge in [0, 0.05) is 23.2 Å². The number of nitrogens with zero attached hydrogens (tertiary/aromatic N) is 1. The van der Waals surface area contributed by atoms with Crippen LogP contribution in [0.2, 0.25) is 0 Å². The summed E-state index contributed by atoms with van der Waals surface area (Å²) in [6, 6.07) is 11.1. The van der Waals surface area contributed by atoms with Crippen LogP contribution < -0.4 is 9.46 Å². The van der Waals surface area contributed by atoms with Gasteiger partial charge in [-0.3, -0.25) is 9.52 Å². The first-order chi connectivity index (χ1) is 12.9. The van der Waals surface area contributed by atoms with Crippen molar-refractivity contribution in [1.29, 1.82) is 0 Å². The van der Waals surface area contributed by atoms with Crippen LogP contribution in [-0.4, -0.2) is 52.6 Å². The van der Waals surface area contributed by atoms with E-state index in [-0.39, 0.29) is 16.4 Å². The van der Waals surface area contributed by atoms with Crippen molar-refractivity contribution in [3.63, 3.8) is 0 Å². The van der Waals surface area contributed by atoms with Crippen molar-refractivity contribution in [1.82, 2.24) is 4.90 Å². The minimum atomic E-state index is -3.86. The van der Waals surface area contributed by atoms with E-state index in [0.717, 1.165) is 4.47 Å². The molecule has 0 aliphatic carbocycles. The molecule has 2 aromatic carbocycles. The molecule has 1 amide bonds. The largest absolute Gasteiger partial charge is 0.496 e. The van der Waals surface area contributed by atoms with E-state index in [0.29, 0.717) is 37.7 Å². The summed E-state index contributed by atoms with van der Waals surface area (Å²) in [7, 11) is -2.42. The molecule has 7 nitrogen and oxygen atoms in total. The van der Waals surface area contributed by atoms with Crippen molar-refractivity contribution in [3.05, 3.63) is 52.5 Å². The number of hydrogen-bond donors (Lipinski definition) is 1. The Kier molecular flexibility index (Phi) is 6.03. The second-order valence-electron chi connectivity index (χ2n) is 5.88. The number of carbonyl (C=O) groups excluding carboxylic acids is 1. The van der Waals surface area contributed by atoms with Crippen molar-refractivity contribution < 1.29 is 22.7 Å². The number of amides is 1. The van der Waals surface area contributed by atoms with Gasteiger partial charge in [-0.05, 0) is 36.4 Å². The lowest BCUT2D eigenvalue weighted by atomic mass is 10.1. The molecule has 27 heavy (non-hydrogen) atoms. The minimum absolute atomic E-state index is 0.0140. The Balaban J connectivity index is 1.92. The van der Waals surface area contributed by atoms with E-state index < -0.39 is 10.0 Å². The van der Waals surface area contributed by atoms with Crippen LogP contribution in [0.15, 0.2) is 51.8 Å². The molecular weight excluding hydrogens is 436 g/mol. The van der Waals surface area contributed by atoms with E-state index in [1.807, 2.05) is 0 Å². The molecule has 144 valence electrons. The highest BCUT2D eigenvalue weighted by molar-refractivity contribution is 9.10. The summed E-state index contributed by atoms with van der Waals surface area (Å²) in [5, 5.41) is 0. The van der Waals surface area contributed by atoms with Crippen molar-refractivity contribution in [2.45, 2.75) is 4.90 Å². The summed E-state index contributed by atoms with van der Waals surface area (Å²) in [6.45, 7) is 1.82. The maximum Gasteiger partial charge on any atom is 0.261 e. The van der Waals surface area contributed by atoms with Gasteiger partial charge in [0.15, 0.2) is 0 Å². The first-order valence-electron chi connectivity index (χ1n) is 8.24. The smallest absolute Gasteiger partial charge is 0.261 e. The molecule has 0 spiro atoms. The molecule has 2 aromatic rings. The molecule has 0 aromatic heterocycles. The second-order valence-corrected chi connectivity index (χ2v) is 8.48. The molecule has 0 atom stereocenters. The van der Waals surface area contributed by atoms with E-state index in [4.69, 9.17) is 9.47 Å². The summed E-state index contributed by atoms with van der Waals surface area (Å²) >= 11 is 3.31. The molecule has 1 N–H and O–H groups in total. The molecule has 0 unspecified atom stereocenters. The Morgan fingerprint density at radius 1 is 1.19 bits per heavy atom. The molecule has 1 fully saturated rings. The Labute approximate surface area is 166 Å². The molecule has 1 aliphatic heterocycles. The normalized spacial score (nSPS) is 14.7. The number of anilines is 1. The lowest BCUT2D eigenvalue weighted by Gasteiger charge is -2.27. The number of carbonyl (C=O) groups is 1. The average molecular weight is 455 g/mol. The van der Waals surface area contributed by atoms with Gasteiger partial charge in [-0.15, -0.1) is 0 Å². The Morgan fingerprint density at radius 3 is 2.59 bits per heavy atom. The second kappa shape index (κ2) is 8.28. The van der Waals surface area contributed by atoms with Gasteiger partial charge in [-0.2, -0.15) is 0 Å². The van der Waals surface area contributed by atoms with Crippen molar-refractivity contribution in [2.75, 3.05) is 38.1 Å². The van der Waals surface area contributed by atoms with E-state index in [1.165, 1.54) is 25.3 Å². The predicted molar refractivity (Wildman–Crippen MR) is 105 cm³/mol. The maximum atomic E-state index is 12.8. The molecule has 9 heteroatoms. The van der Waals surface area contributed by atoms with Gasteiger partial charge in [-0.1, -0.05) is 22.0 Å². The quantitative estimate of drug-likeness (QED) is 0.750. The Morgan fingerprint density at radius 2 is 1.93 bits per heavy atom. The van der Waals surface area contributed by atoms with Gasteiger partial charge in [-0.25, -0.2) is 8.42 Å². The fourth-order valence-electron chi connectivity index (χ4n) is 2.72. The molecule has 0 bridgehead atoms. The molecule has 3 rings (SSSR count). The van der Waals surface area contributed by atoms with E-state index in [9.17, 15) is 13.2 Å². The van der Waals surface area contributed by atoms with Crippen molar-refractivity contribution >= 4 is 37.5 Å². The van der Waals surface area contributed by atoms with Crippen LogP contribution in [-0.2, 0) is 14.8 Å². The van der Waals surface area contributed by atoms with E-state index in [1.54, 1.807) is 29.2 Å². The Bertz CT molecular complexity index is 943. The number of hydrogen-bond acceptors (Lipinski definition) is 5. The summed E-state index contributed by atoms with van der Waals surface area (Å²) in [6.07, 6.45) is 0. The van der Waals surface area contributed by atoms with Crippen LogP contribution in [0.1, 0.15) is 10.4 Å². The van der Waals surface area contributed by atoms with Gasteiger partial charge >= 0.3 is 0 Å². The van der Waals surface area contributed by atoms with Gasteiger partial charge in [0.2, 0.25) is 0 Å². The van der Waals surface area contributed by atoms with E-state index >= 15 is 0 Å². The molecule has 1 saturated heterocycles. The van der Waals surface area contributed by atoms with Gasteiger partial charge in [0.25, 0.3) is 15.9 Å². The third-order valence-corrected chi connectivity index (χ3v) is 5.96. The van der Waals surface area contributed by atoms with Crippen LogP contribution >= 0.6 is 15.9 Å². The number of sulfonamides is 1. The number of rotatable bonds is 5. The lowest BCUT2D eigenvalue weighted by molar-refractivity contribution is 0.0300. The summed E-state index contributed by atoms with van der Waals surface area (Å²) in [5.41, 5.74) is 0.623. The number of morpholine rings is 1. The standard InChI is InChI=1S/C18H19BrN2O5S/c1-25-17-6-5-15(12-16(17)18(22)21-7-9-26-10-8-21)27(23,24)20-14-4-2-3-13(19)11-14/h2-6,11-12,20H,7-10H2,1H3. The topological polar surface area (TPSA) is 84.9 Å². The third kappa shape index (κ3) is 4.60. The molecule has 0 radical (unpaired) electrons. The summed E-state index contributed by atoms with van der Waals surface area (Å²) in [4.78, 5) is 14.4. The zero-order chi connectivity index (χ0) is 19.4. The number of halogens is 1. The number of nitrogens with one attached hydrogen (secondary N) is 1. The zero-order valence-electron chi connectivity index (χ0n) is 14.6. The highest BCUT2D eigenvalue weighted by Crippen LogP contribution is 2.26. The zero-order valence-corrected chi connectivity index (χ0v) is 17.0. The highest BCUT2D eigenvalue weighted by Gasteiger charge is 2.24. The number of methoxy groups -OCH3 is 1. The SMILES string of the molecule is COc1ccc(S(=O)(=O)Nc2cccc(Br)c2)cc1C(=O)N1CCOCC1.